The van der Waals surface area contributed by atoms with Crippen molar-refractivity contribution in [1.82, 2.24) is 4.98 Å². The molecule has 7 heteroatoms. The van der Waals surface area contributed by atoms with Crippen molar-refractivity contribution in [3.05, 3.63) is 28.2 Å². The van der Waals surface area contributed by atoms with Crippen molar-refractivity contribution in [3.63, 3.8) is 0 Å². The van der Waals surface area contributed by atoms with E-state index in [1.165, 1.54) is 12.3 Å². The van der Waals surface area contributed by atoms with Crippen molar-refractivity contribution in [2.45, 2.75) is 31.7 Å². The summed E-state index contributed by atoms with van der Waals surface area (Å²) in [6, 6.07) is 1.28. The zero-order valence-corrected chi connectivity index (χ0v) is 12.6. The number of halogens is 3. The molecule has 18 heavy (non-hydrogen) atoms. The lowest BCUT2D eigenvalue weighted by atomic mass is 10.2. The van der Waals surface area contributed by atoms with Gasteiger partial charge in [0.25, 0.3) is 0 Å². The molecule has 1 heterocycles. The molecule has 3 nitrogen and oxygen atoms in total. The maximum Gasteiger partial charge on any atom is 0.219 e. The lowest BCUT2D eigenvalue weighted by Gasteiger charge is -2.18. The van der Waals surface area contributed by atoms with E-state index in [-0.39, 0.29) is 5.56 Å². The van der Waals surface area contributed by atoms with Gasteiger partial charge in [-0.15, -0.1) is 0 Å². The monoisotopic (exact) mass is 338 g/mol. The van der Waals surface area contributed by atoms with Crippen molar-refractivity contribution in [2.24, 2.45) is 4.40 Å². The Hall–Kier alpha value is -0.530. The number of aromatic nitrogens is 1. The molecule has 0 fully saturated rings. The van der Waals surface area contributed by atoms with Gasteiger partial charge < -0.3 is 4.55 Å². The molecule has 0 spiro atoms. The normalized spacial score (nSPS) is 15.9. The van der Waals surface area contributed by atoms with Gasteiger partial charge in [-0.3, -0.25) is 0 Å². The Kier molecular flexibility index (Phi) is 5.24. The maximum absolute atomic E-state index is 13.7. The predicted molar refractivity (Wildman–Crippen MR) is 72.1 cm³/mol. The topological polar surface area (TPSA) is 48.3 Å². The Balaban J connectivity index is 2.85. The second kappa shape index (κ2) is 6.08. The Morgan fingerprint density at radius 1 is 1.56 bits per heavy atom. The largest absolute Gasteiger partial charge is 0.591 e. The van der Waals surface area contributed by atoms with E-state index in [9.17, 15) is 13.3 Å². The summed E-state index contributed by atoms with van der Waals surface area (Å²) in [4.78, 5) is 3.38. The summed E-state index contributed by atoms with van der Waals surface area (Å²) in [5.41, 5.74) is -0.237. The minimum absolute atomic E-state index is 0.237. The van der Waals surface area contributed by atoms with Gasteiger partial charge >= 0.3 is 0 Å². The molecule has 0 aliphatic rings. The van der Waals surface area contributed by atoms with Gasteiger partial charge in [-0.05, 0) is 42.8 Å². The first-order valence-corrected chi connectivity index (χ1v) is 7.03. The Bertz CT molecular complexity index is 451. The number of alkyl halides is 1. The van der Waals surface area contributed by atoms with Gasteiger partial charge in [-0.25, -0.2) is 9.37 Å². The molecule has 0 aromatic carbocycles. The summed E-state index contributed by atoms with van der Waals surface area (Å²) in [5, 5.41) is 0. The van der Waals surface area contributed by atoms with Crippen LogP contribution >= 0.6 is 15.9 Å². The van der Waals surface area contributed by atoms with Crippen LogP contribution in [0.4, 0.5) is 8.78 Å². The van der Waals surface area contributed by atoms with Gasteiger partial charge in [-0.2, -0.15) is 4.39 Å². The molecule has 1 aromatic rings. The van der Waals surface area contributed by atoms with Crippen LogP contribution in [0.1, 0.15) is 32.5 Å². The average Bonchev–Trinajstić information content (AvgIpc) is 2.27. The van der Waals surface area contributed by atoms with Crippen LogP contribution in [0.25, 0.3) is 0 Å². The fraction of sp³-hybridized carbons (Fsp3) is 0.455. The highest BCUT2D eigenvalue weighted by atomic mass is 79.9. The zero-order chi connectivity index (χ0) is 13.9. The van der Waals surface area contributed by atoms with Crippen LogP contribution in [0.5, 0.6) is 0 Å². The number of rotatable bonds is 3. The minimum atomic E-state index is -1.78. The van der Waals surface area contributed by atoms with E-state index in [1.54, 1.807) is 20.8 Å². The van der Waals surface area contributed by atoms with Crippen molar-refractivity contribution in [2.75, 3.05) is 0 Å². The Morgan fingerprint density at radius 3 is 2.72 bits per heavy atom. The SMILES string of the molecule is CC(C)(C)[S+]([O-])/N=C/C(F)c1cc(Br)cnc1F. The molecule has 0 amide bonds. The molecule has 0 saturated heterocycles. The molecule has 0 bridgehead atoms. The molecule has 0 aliphatic carbocycles. The first-order valence-electron chi connectivity index (χ1n) is 5.13. The first kappa shape index (κ1) is 15.5. The number of hydrogen-bond acceptors (Lipinski definition) is 3. The predicted octanol–water partition coefficient (Wildman–Crippen LogP) is 3.53. The summed E-state index contributed by atoms with van der Waals surface area (Å²) in [5.74, 6) is -0.904. The molecular weight excluding hydrogens is 326 g/mol. The summed E-state index contributed by atoms with van der Waals surface area (Å²) >= 11 is 1.51. The second-order valence-corrected chi connectivity index (χ2v) is 7.40. The van der Waals surface area contributed by atoms with Crippen LogP contribution in [0, 0.1) is 5.95 Å². The van der Waals surface area contributed by atoms with E-state index in [1.807, 2.05) is 0 Å². The third kappa shape index (κ3) is 4.29. The lowest BCUT2D eigenvalue weighted by Crippen LogP contribution is -2.26. The van der Waals surface area contributed by atoms with Gasteiger partial charge in [0.15, 0.2) is 6.17 Å². The quantitative estimate of drug-likeness (QED) is 0.481. The molecule has 1 rings (SSSR count). The first-order chi connectivity index (χ1) is 8.21. The van der Waals surface area contributed by atoms with Crippen molar-refractivity contribution in [1.29, 1.82) is 0 Å². The van der Waals surface area contributed by atoms with Gasteiger partial charge in [0.1, 0.15) is 16.1 Å². The molecule has 1 aromatic heterocycles. The third-order valence-corrected chi connectivity index (χ3v) is 3.74. The Labute approximate surface area is 116 Å². The van der Waals surface area contributed by atoms with E-state index in [4.69, 9.17) is 0 Å². The molecule has 2 unspecified atom stereocenters. The number of nitrogens with zero attached hydrogens (tertiary/aromatic N) is 2. The van der Waals surface area contributed by atoms with Gasteiger partial charge in [0.2, 0.25) is 5.95 Å². The number of pyridine rings is 1. The van der Waals surface area contributed by atoms with Gasteiger partial charge in [-0.1, -0.05) is 4.40 Å². The zero-order valence-electron chi connectivity index (χ0n) is 10.2. The summed E-state index contributed by atoms with van der Waals surface area (Å²) in [6.07, 6.45) is 0.297. The summed E-state index contributed by atoms with van der Waals surface area (Å²) in [6.45, 7) is 5.15. The van der Waals surface area contributed by atoms with Crippen molar-refractivity contribution < 1.29 is 13.3 Å². The van der Waals surface area contributed by atoms with E-state index in [2.05, 4.69) is 25.3 Å². The van der Waals surface area contributed by atoms with Crippen LogP contribution in [0.3, 0.4) is 0 Å². The standard InChI is InChI=1S/C11H13BrF2N2OS/c1-11(2,3)18(17)16-6-9(13)8-4-7(12)5-15-10(8)14/h4-6,9H,1-3H3/b16-6+. The summed E-state index contributed by atoms with van der Waals surface area (Å²) < 4.78 is 42.1. The van der Waals surface area contributed by atoms with Crippen LogP contribution in [0.15, 0.2) is 21.1 Å². The highest BCUT2D eigenvalue weighted by molar-refractivity contribution is 9.10. The molecule has 0 saturated carbocycles. The lowest BCUT2D eigenvalue weighted by molar-refractivity contribution is 0.421. The van der Waals surface area contributed by atoms with Gasteiger partial charge in [0, 0.05) is 16.2 Å². The van der Waals surface area contributed by atoms with E-state index >= 15 is 0 Å². The molecule has 2 atom stereocenters. The highest BCUT2D eigenvalue weighted by Crippen LogP contribution is 2.23. The van der Waals surface area contributed by atoms with Crippen molar-refractivity contribution in [3.8, 4) is 0 Å². The smallest absolute Gasteiger partial charge is 0.219 e. The maximum atomic E-state index is 13.7. The fourth-order valence-electron chi connectivity index (χ4n) is 0.979. The third-order valence-electron chi connectivity index (χ3n) is 1.94. The molecular formula is C11H13BrF2N2OS. The fourth-order valence-corrected chi connectivity index (χ4v) is 1.86. The highest BCUT2D eigenvalue weighted by Gasteiger charge is 2.26. The van der Waals surface area contributed by atoms with E-state index < -0.39 is 28.2 Å². The van der Waals surface area contributed by atoms with E-state index in [0.29, 0.717) is 4.47 Å². The van der Waals surface area contributed by atoms with Crippen LogP contribution in [-0.2, 0) is 11.4 Å². The minimum Gasteiger partial charge on any atom is -0.591 e. The molecule has 100 valence electrons. The average molecular weight is 339 g/mol. The molecule has 0 radical (unpaired) electrons. The van der Waals surface area contributed by atoms with E-state index in [0.717, 1.165) is 6.21 Å². The van der Waals surface area contributed by atoms with Crippen LogP contribution < -0.4 is 0 Å². The Morgan fingerprint density at radius 2 is 2.17 bits per heavy atom. The number of hydrogen-bond donors (Lipinski definition) is 0. The molecule has 0 aliphatic heterocycles. The summed E-state index contributed by atoms with van der Waals surface area (Å²) in [7, 11) is 0. The molecule has 0 N–H and O–H groups in total. The van der Waals surface area contributed by atoms with Gasteiger partial charge in [0.05, 0.1) is 6.21 Å². The van der Waals surface area contributed by atoms with Crippen molar-refractivity contribution >= 4 is 33.5 Å². The van der Waals surface area contributed by atoms with Crippen LogP contribution in [0.2, 0.25) is 0 Å². The second-order valence-electron chi connectivity index (χ2n) is 4.55. The van der Waals surface area contributed by atoms with Crippen LogP contribution in [-0.4, -0.2) is 20.5 Å².